The molecule has 2 bridgehead atoms. The van der Waals surface area contributed by atoms with Crippen LogP contribution in [-0.2, 0) is 74.7 Å². The molecule has 4 aliphatic heterocycles. The van der Waals surface area contributed by atoms with Crippen LogP contribution in [0.2, 0.25) is 0 Å². The number of nitrogens with one attached hydrogen (secondary N) is 10. The van der Waals surface area contributed by atoms with E-state index in [0.29, 0.717) is 71.1 Å². The topological polar surface area (TPSA) is 452 Å². The van der Waals surface area contributed by atoms with Gasteiger partial charge >= 0.3 is 0 Å². The summed E-state index contributed by atoms with van der Waals surface area (Å²) in [5.74, 6) is -12.5. The van der Waals surface area contributed by atoms with Gasteiger partial charge in [-0.25, -0.2) is 0 Å². The second-order valence-corrected chi connectivity index (χ2v) is 23.9. The summed E-state index contributed by atoms with van der Waals surface area (Å²) in [6.07, 6.45) is -0.312. The molecule has 0 radical (unpaired) electrons. The SMILES string of the molecule is CC[C@H](C)[C@@H]1NC(=O)CNC(=O)[C@H]2Cc3c([nH]c4c(N5CCC(CCNC(=O)CCCCCNC(=O)COC)CC5)c(O)ccc34)S(=O)C[C@@H](NC(=O)CNC1=O)C(=O)N[C@@H](CC(N)=O)C(=O)N1C[C@H](O)C[C@H]1C(=O)N[C@@H]([C@H](C)[C@H](O)CO)C(=O)N2. The molecular weight excluding hydrogens is 1150 g/mol. The van der Waals surface area contributed by atoms with Crippen LogP contribution in [0.1, 0.15) is 90.5 Å². The monoisotopic (exact) mass is 1230 g/mol. The summed E-state index contributed by atoms with van der Waals surface area (Å²) in [6, 6.07) is -7.42. The molecule has 30 nitrogen and oxygen atoms in total. The van der Waals surface area contributed by atoms with Crippen LogP contribution in [0, 0.1) is 17.8 Å². The third-order valence-electron chi connectivity index (χ3n) is 16.2. The fourth-order valence-electron chi connectivity index (χ4n) is 11.0. The van der Waals surface area contributed by atoms with Gasteiger partial charge in [0.15, 0.2) is 0 Å². The number of rotatable bonds is 19. The number of hydrogen-bond acceptors (Lipinski definition) is 18. The summed E-state index contributed by atoms with van der Waals surface area (Å²) < 4.78 is 20.1. The van der Waals surface area contributed by atoms with E-state index in [1.54, 1.807) is 13.8 Å². The number of carbonyl (C=O) groups excluding carboxylic acids is 11. The Balaban J connectivity index is 1.41. The number of anilines is 1. The number of nitrogens with zero attached hydrogens (tertiary/aromatic N) is 2. The predicted octanol–water partition coefficient (Wildman–Crippen LogP) is -4.87. The summed E-state index contributed by atoms with van der Waals surface area (Å²) in [5.41, 5.74) is 6.08. The van der Waals surface area contributed by atoms with E-state index in [1.807, 2.05) is 4.90 Å². The summed E-state index contributed by atoms with van der Waals surface area (Å²) in [4.78, 5) is 157. The number of ether oxygens (including phenoxy) is 1. The Kier molecular flexibility index (Phi) is 25.0. The molecule has 16 N–H and O–H groups in total. The van der Waals surface area contributed by atoms with Crippen molar-refractivity contribution in [2.24, 2.45) is 23.5 Å². The van der Waals surface area contributed by atoms with Gasteiger partial charge in [0.05, 0.1) is 60.4 Å². The van der Waals surface area contributed by atoms with Gasteiger partial charge in [-0.3, -0.25) is 56.9 Å². The first-order chi connectivity index (χ1) is 40.9. The van der Waals surface area contributed by atoms with E-state index in [0.717, 1.165) is 11.3 Å². The summed E-state index contributed by atoms with van der Waals surface area (Å²) in [6.45, 7) is 3.30. The van der Waals surface area contributed by atoms with Crippen molar-refractivity contribution >= 4 is 92.4 Å². The van der Waals surface area contributed by atoms with E-state index >= 15 is 4.21 Å². The lowest BCUT2D eigenvalue weighted by Gasteiger charge is -2.34. The minimum atomic E-state index is -2.49. The van der Waals surface area contributed by atoms with Gasteiger partial charge < -0.3 is 93.5 Å². The van der Waals surface area contributed by atoms with E-state index in [9.17, 15) is 73.2 Å². The average molecular weight is 1230 g/mol. The first kappa shape index (κ1) is 67.6. The molecular formula is C55H83N13O17S. The quantitative estimate of drug-likeness (QED) is 0.0587. The maximum Gasteiger partial charge on any atom is 0.246 e. The number of amides is 11. The number of fused-ring (bicyclic) bond motifs is 5. The predicted molar refractivity (Wildman–Crippen MR) is 308 cm³/mol. The van der Waals surface area contributed by atoms with Crippen LogP contribution in [0.25, 0.3) is 10.9 Å². The lowest BCUT2D eigenvalue weighted by Crippen LogP contribution is -2.62. The number of benzene rings is 1. The first-order valence-electron chi connectivity index (χ1n) is 29.1. The average Bonchev–Trinajstić information content (AvgIpc) is 1.72. The zero-order valence-electron chi connectivity index (χ0n) is 48.8. The van der Waals surface area contributed by atoms with Crippen LogP contribution in [0.3, 0.4) is 0 Å². The van der Waals surface area contributed by atoms with Crippen molar-refractivity contribution in [3.63, 3.8) is 0 Å². The Labute approximate surface area is 499 Å². The van der Waals surface area contributed by atoms with Crippen molar-refractivity contribution in [1.82, 2.24) is 57.7 Å². The normalized spacial score (nSPS) is 25.4. The smallest absolute Gasteiger partial charge is 0.246 e. The number of unbranched alkanes of at least 4 members (excludes halogenated alkanes) is 2. The molecule has 4 aliphatic rings. The highest BCUT2D eigenvalue weighted by atomic mass is 32.2. The lowest BCUT2D eigenvalue weighted by atomic mass is 9.92. The van der Waals surface area contributed by atoms with Crippen LogP contribution in [0.4, 0.5) is 5.69 Å². The Morgan fingerprint density at radius 3 is 2.19 bits per heavy atom. The van der Waals surface area contributed by atoms with Crippen LogP contribution in [-0.4, -0.2) is 220 Å². The summed E-state index contributed by atoms with van der Waals surface area (Å²) >= 11 is 0. The number of aliphatic hydroxyl groups excluding tert-OH is 3. The molecule has 1 aromatic heterocycles. The molecule has 86 heavy (non-hydrogen) atoms. The number of primary amides is 1. The Bertz CT molecular complexity index is 2850. The van der Waals surface area contributed by atoms with Gasteiger partial charge in [0.25, 0.3) is 0 Å². The zero-order chi connectivity index (χ0) is 62.9. The zero-order valence-corrected chi connectivity index (χ0v) is 49.6. The number of piperidine rings is 1. The molecule has 476 valence electrons. The Morgan fingerprint density at radius 1 is 0.826 bits per heavy atom. The second kappa shape index (κ2) is 31.8. The van der Waals surface area contributed by atoms with E-state index in [1.165, 1.54) is 26.2 Å². The number of aromatic nitrogens is 1. The fourth-order valence-corrected chi connectivity index (χ4v) is 12.4. The van der Waals surface area contributed by atoms with Gasteiger partial charge in [-0.2, -0.15) is 0 Å². The first-order valence-corrected chi connectivity index (χ1v) is 30.4. The highest BCUT2D eigenvalue weighted by Gasteiger charge is 2.45. The molecule has 31 heteroatoms. The molecule has 5 heterocycles. The number of phenolic OH excluding ortho intramolecular Hbond substituents is 1. The minimum absolute atomic E-state index is 0.0211. The van der Waals surface area contributed by atoms with E-state index in [2.05, 4.69) is 52.8 Å². The minimum Gasteiger partial charge on any atom is -0.506 e. The third kappa shape index (κ3) is 18.0. The number of phenols is 1. The van der Waals surface area contributed by atoms with Crippen LogP contribution < -0.4 is 58.5 Å². The van der Waals surface area contributed by atoms with Gasteiger partial charge in [0.2, 0.25) is 65.0 Å². The number of methoxy groups -OCH3 is 1. The van der Waals surface area contributed by atoms with Crippen molar-refractivity contribution in [2.45, 2.75) is 145 Å². The highest BCUT2D eigenvalue weighted by molar-refractivity contribution is 7.85. The van der Waals surface area contributed by atoms with Crippen molar-refractivity contribution < 1.29 is 82.1 Å². The van der Waals surface area contributed by atoms with Gasteiger partial charge in [-0.1, -0.05) is 33.6 Å². The molecule has 0 saturated carbocycles. The standard InChI is InChI=1S/C55H83N13O17S/c1-5-28(2)45-52(81)60-22-42(75)61-36-27-86(84)54-33(32-10-11-38(71)48(47(32)66-54)67-17-13-30(14-18-67)12-16-58-41(74)9-7-6-8-15-57-44(77)26-85-4)20-34(49(78)59-23-43(76)64-45)62-53(82)46(29(3)39(72)25-69)65-51(80)37-19-31(70)24-68(37)55(83)35(21-40(56)73)63-50(36)79/h10-11,28-31,34-37,39,45-46,66,69-72H,5-9,12-27H2,1-4H3,(H2,56,73)(H,57,77)(H,58,74)(H,59,78)(H,60,81)(H,61,75)(H,62,82)(H,63,79)(H,64,76)(H,65,80)/t28-,29+,31+,34+,35-,36+,37-,39+,45-,46-,86?/m0/s1. The van der Waals surface area contributed by atoms with E-state index in [-0.39, 0.29) is 57.3 Å². The van der Waals surface area contributed by atoms with Crippen molar-refractivity contribution in [1.29, 1.82) is 0 Å². The number of aromatic hydroxyl groups is 1. The molecule has 1 aromatic carbocycles. The molecule has 0 spiro atoms. The van der Waals surface area contributed by atoms with Crippen LogP contribution >= 0.6 is 0 Å². The number of aliphatic hydroxyl groups is 3. The van der Waals surface area contributed by atoms with Crippen molar-refractivity contribution in [2.75, 3.05) is 76.8 Å². The largest absolute Gasteiger partial charge is 0.506 e. The number of carbonyl (C=O) groups is 11. The molecule has 1 unspecified atom stereocenters. The lowest BCUT2D eigenvalue weighted by molar-refractivity contribution is -0.144. The molecule has 0 aliphatic carbocycles. The highest BCUT2D eigenvalue weighted by Crippen LogP contribution is 2.41. The second-order valence-electron chi connectivity index (χ2n) is 22.4. The van der Waals surface area contributed by atoms with Crippen molar-refractivity contribution in [3.8, 4) is 5.75 Å². The number of H-pyrrole nitrogens is 1. The number of nitrogens with two attached hydrogens (primary N) is 1. The van der Waals surface area contributed by atoms with Crippen molar-refractivity contribution in [3.05, 3.63) is 17.7 Å². The van der Waals surface area contributed by atoms with Gasteiger partial charge in [-0.15, -0.1) is 0 Å². The van der Waals surface area contributed by atoms with Gasteiger partial charge in [0.1, 0.15) is 59.3 Å². The molecule has 2 fully saturated rings. The van der Waals surface area contributed by atoms with Crippen LogP contribution in [0.5, 0.6) is 5.75 Å². The fraction of sp³-hybridized carbons (Fsp3) is 0.655. The molecule has 2 saturated heterocycles. The van der Waals surface area contributed by atoms with Gasteiger partial charge in [-0.05, 0) is 61.6 Å². The van der Waals surface area contributed by atoms with Crippen LogP contribution in [0.15, 0.2) is 17.2 Å². The Morgan fingerprint density at radius 2 is 1.51 bits per heavy atom. The maximum absolute atomic E-state index is 15.3. The molecule has 2 aromatic rings. The number of hydrogen-bond donors (Lipinski definition) is 15. The Hall–Kier alpha value is -7.48. The molecule has 6 rings (SSSR count). The van der Waals surface area contributed by atoms with E-state index < -0.39 is 176 Å². The molecule has 11 amide bonds. The molecule has 11 atom stereocenters. The van der Waals surface area contributed by atoms with E-state index in [4.69, 9.17) is 10.5 Å². The summed E-state index contributed by atoms with van der Waals surface area (Å²) in [5, 5.41) is 66.8. The third-order valence-corrected chi connectivity index (χ3v) is 17.6. The number of aromatic amines is 1. The van der Waals surface area contributed by atoms with Gasteiger partial charge in [0, 0.05) is 70.4 Å². The summed E-state index contributed by atoms with van der Waals surface area (Å²) in [7, 11) is -1.05. The maximum atomic E-state index is 15.3.